The molecule has 0 unspecified atom stereocenters. The molecule has 0 saturated carbocycles. The van der Waals surface area contributed by atoms with Crippen molar-refractivity contribution in [2.24, 2.45) is 0 Å². The van der Waals surface area contributed by atoms with Crippen LogP contribution in [0.25, 0.3) is 22.3 Å². The number of hydrogen-bond donors (Lipinski definition) is 0. The highest BCUT2D eigenvalue weighted by atomic mass is 19.2. The largest absolute Gasteiger partial charge is 0.204 e. The molecule has 3 aromatic carbocycles. The average molecular weight is 336 g/mol. The van der Waals surface area contributed by atoms with Crippen molar-refractivity contribution in [2.45, 2.75) is 32.6 Å². The minimum atomic E-state index is -0.822. The predicted molar refractivity (Wildman–Crippen MR) is 100 cm³/mol. The second-order valence-corrected chi connectivity index (χ2v) is 6.33. The van der Waals surface area contributed by atoms with E-state index in [1.807, 2.05) is 24.3 Å². The van der Waals surface area contributed by atoms with Crippen LogP contribution < -0.4 is 0 Å². The van der Waals surface area contributed by atoms with Gasteiger partial charge >= 0.3 is 0 Å². The molecule has 0 atom stereocenters. The second kappa shape index (κ2) is 8.06. The highest BCUT2D eigenvalue weighted by Gasteiger charge is 2.10. The molecular formula is C23H22F2. The third-order valence-corrected chi connectivity index (χ3v) is 4.49. The number of aryl methyl sites for hydroxylation is 1. The van der Waals surface area contributed by atoms with Gasteiger partial charge in [-0.1, -0.05) is 74.4 Å². The fourth-order valence-electron chi connectivity index (χ4n) is 3.08. The third kappa shape index (κ3) is 4.14. The maximum atomic E-state index is 13.6. The van der Waals surface area contributed by atoms with E-state index < -0.39 is 11.6 Å². The first-order chi connectivity index (χ1) is 12.2. The monoisotopic (exact) mass is 336 g/mol. The van der Waals surface area contributed by atoms with Crippen LogP contribution >= 0.6 is 0 Å². The lowest BCUT2D eigenvalue weighted by atomic mass is 9.93. The first-order valence-corrected chi connectivity index (χ1v) is 8.83. The summed E-state index contributed by atoms with van der Waals surface area (Å²) in [7, 11) is 0. The Hall–Kier alpha value is -2.48. The molecule has 2 heteroatoms. The normalized spacial score (nSPS) is 10.8. The minimum absolute atomic E-state index is 0.682. The summed E-state index contributed by atoms with van der Waals surface area (Å²) >= 11 is 0. The Labute approximate surface area is 148 Å². The van der Waals surface area contributed by atoms with Crippen LogP contribution in [0.3, 0.4) is 0 Å². The van der Waals surface area contributed by atoms with Crippen molar-refractivity contribution in [3.05, 3.63) is 83.9 Å². The topological polar surface area (TPSA) is 0 Å². The molecule has 128 valence electrons. The molecule has 0 aliphatic rings. The van der Waals surface area contributed by atoms with Crippen LogP contribution in [0.4, 0.5) is 8.78 Å². The van der Waals surface area contributed by atoms with E-state index in [0.29, 0.717) is 5.56 Å². The maximum Gasteiger partial charge on any atom is 0.159 e. The van der Waals surface area contributed by atoms with E-state index >= 15 is 0 Å². The fourth-order valence-corrected chi connectivity index (χ4v) is 3.08. The molecule has 0 aromatic heterocycles. The van der Waals surface area contributed by atoms with E-state index in [2.05, 4.69) is 31.2 Å². The maximum absolute atomic E-state index is 13.6. The molecule has 0 fully saturated rings. The Kier molecular flexibility index (Phi) is 5.60. The molecule has 0 amide bonds. The number of hydrogen-bond acceptors (Lipinski definition) is 0. The summed E-state index contributed by atoms with van der Waals surface area (Å²) in [5, 5.41) is 0. The molecule has 0 radical (unpaired) electrons. The van der Waals surface area contributed by atoms with Crippen LogP contribution in [0.15, 0.2) is 66.7 Å². The molecule has 3 aromatic rings. The zero-order valence-electron chi connectivity index (χ0n) is 14.4. The van der Waals surface area contributed by atoms with Crippen LogP contribution in [0, 0.1) is 11.6 Å². The number of halogens is 2. The molecule has 0 N–H and O–H groups in total. The standard InChI is InChI=1S/C23H22F2/c1-2-3-4-7-17-10-12-18(13-11-17)20-8-5-6-9-21(20)19-14-15-22(24)23(25)16-19/h5-6,8-16H,2-4,7H2,1H3. The zero-order chi connectivity index (χ0) is 17.6. The Morgan fingerprint density at radius 2 is 1.32 bits per heavy atom. The second-order valence-electron chi connectivity index (χ2n) is 6.33. The van der Waals surface area contributed by atoms with E-state index in [-0.39, 0.29) is 0 Å². The van der Waals surface area contributed by atoms with Gasteiger partial charge in [-0.25, -0.2) is 8.78 Å². The molecule has 0 saturated heterocycles. The molecule has 0 bridgehead atoms. The number of benzene rings is 3. The minimum Gasteiger partial charge on any atom is -0.204 e. The lowest BCUT2D eigenvalue weighted by Crippen LogP contribution is -1.90. The summed E-state index contributed by atoms with van der Waals surface area (Å²) in [5.74, 6) is -1.64. The molecule has 0 nitrogen and oxygen atoms in total. The molecule has 25 heavy (non-hydrogen) atoms. The number of unbranched alkanes of at least 4 members (excludes halogenated alkanes) is 2. The van der Waals surface area contributed by atoms with Crippen LogP contribution in [-0.4, -0.2) is 0 Å². The smallest absolute Gasteiger partial charge is 0.159 e. The van der Waals surface area contributed by atoms with Crippen molar-refractivity contribution in [3.63, 3.8) is 0 Å². The Bertz CT molecular complexity index is 835. The predicted octanol–water partition coefficient (Wildman–Crippen LogP) is 7.03. The molecule has 0 aliphatic heterocycles. The first-order valence-electron chi connectivity index (χ1n) is 8.83. The van der Waals surface area contributed by atoms with Crippen molar-refractivity contribution >= 4 is 0 Å². The van der Waals surface area contributed by atoms with Gasteiger partial charge in [0.15, 0.2) is 11.6 Å². The Morgan fingerprint density at radius 1 is 0.680 bits per heavy atom. The summed E-state index contributed by atoms with van der Waals surface area (Å²) in [6.07, 6.45) is 4.78. The van der Waals surface area contributed by atoms with E-state index in [1.165, 1.54) is 37.0 Å². The summed E-state index contributed by atoms with van der Waals surface area (Å²) in [6.45, 7) is 2.21. The lowest BCUT2D eigenvalue weighted by Gasteiger charge is -2.11. The SMILES string of the molecule is CCCCCc1ccc(-c2ccccc2-c2ccc(F)c(F)c2)cc1. The van der Waals surface area contributed by atoms with Gasteiger partial charge in [0.1, 0.15) is 0 Å². The van der Waals surface area contributed by atoms with E-state index in [0.717, 1.165) is 23.1 Å². The van der Waals surface area contributed by atoms with Gasteiger partial charge in [-0.2, -0.15) is 0 Å². The van der Waals surface area contributed by atoms with Gasteiger partial charge in [0.2, 0.25) is 0 Å². The highest BCUT2D eigenvalue weighted by molar-refractivity contribution is 5.83. The van der Waals surface area contributed by atoms with Gasteiger partial charge in [-0.05, 0) is 52.8 Å². The van der Waals surface area contributed by atoms with Crippen molar-refractivity contribution in [1.29, 1.82) is 0 Å². The lowest BCUT2D eigenvalue weighted by molar-refractivity contribution is 0.509. The van der Waals surface area contributed by atoms with Gasteiger partial charge in [-0.3, -0.25) is 0 Å². The van der Waals surface area contributed by atoms with Crippen LogP contribution in [-0.2, 0) is 6.42 Å². The molecule has 0 aliphatic carbocycles. The Morgan fingerprint density at radius 3 is 1.96 bits per heavy atom. The van der Waals surface area contributed by atoms with Crippen LogP contribution in [0.2, 0.25) is 0 Å². The van der Waals surface area contributed by atoms with Crippen LogP contribution in [0.1, 0.15) is 31.7 Å². The van der Waals surface area contributed by atoms with E-state index in [9.17, 15) is 8.78 Å². The van der Waals surface area contributed by atoms with Crippen molar-refractivity contribution in [2.75, 3.05) is 0 Å². The van der Waals surface area contributed by atoms with Crippen molar-refractivity contribution in [3.8, 4) is 22.3 Å². The van der Waals surface area contributed by atoms with Crippen molar-refractivity contribution < 1.29 is 8.78 Å². The molecular weight excluding hydrogens is 314 g/mol. The highest BCUT2D eigenvalue weighted by Crippen LogP contribution is 2.32. The summed E-state index contributed by atoms with van der Waals surface area (Å²) in [4.78, 5) is 0. The van der Waals surface area contributed by atoms with Gasteiger partial charge in [0.25, 0.3) is 0 Å². The molecule has 0 spiro atoms. The van der Waals surface area contributed by atoms with E-state index in [4.69, 9.17) is 0 Å². The van der Waals surface area contributed by atoms with Gasteiger partial charge in [0, 0.05) is 0 Å². The first kappa shape index (κ1) is 17.3. The summed E-state index contributed by atoms with van der Waals surface area (Å²) in [5.41, 5.74) is 5.03. The molecule has 0 heterocycles. The summed E-state index contributed by atoms with van der Waals surface area (Å²) < 4.78 is 26.9. The Balaban J connectivity index is 1.91. The van der Waals surface area contributed by atoms with Crippen molar-refractivity contribution in [1.82, 2.24) is 0 Å². The zero-order valence-corrected chi connectivity index (χ0v) is 14.4. The van der Waals surface area contributed by atoms with Gasteiger partial charge in [0.05, 0.1) is 0 Å². The van der Waals surface area contributed by atoms with Crippen LogP contribution in [0.5, 0.6) is 0 Å². The average Bonchev–Trinajstić information content (AvgIpc) is 2.65. The summed E-state index contributed by atoms with van der Waals surface area (Å²) in [6, 6.07) is 20.4. The third-order valence-electron chi connectivity index (χ3n) is 4.49. The number of rotatable bonds is 6. The fraction of sp³-hybridized carbons (Fsp3) is 0.217. The van der Waals surface area contributed by atoms with E-state index in [1.54, 1.807) is 6.07 Å². The quantitative estimate of drug-likeness (QED) is 0.424. The van der Waals surface area contributed by atoms with Gasteiger partial charge in [-0.15, -0.1) is 0 Å². The van der Waals surface area contributed by atoms with Gasteiger partial charge < -0.3 is 0 Å². The molecule has 3 rings (SSSR count).